The first-order valence-electron chi connectivity index (χ1n) is 8.97. The van der Waals surface area contributed by atoms with Gasteiger partial charge in [0.05, 0.1) is 17.5 Å². The number of amides is 1. The summed E-state index contributed by atoms with van der Waals surface area (Å²) < 4.78 is 0. The molecule has 27 heavy (non-hydrogen) atoms. The number of rotatable bonds is 5. The normalized spacial score (nSPS) is 13.8. The molecule has 4 aromatic rings. The van der Waals surface area contributed by atoms with E-state index in [-0.39, 0.29) is 5.91 Å². The Morgan fingerprint density at radius 2 is 2.11 bits per heavy atom. The zero-order valence-electron chi connectivity index (χ0n) is 14.6. The smallest absolute Gasteiger partial charge is 0.256 e. The van der Waals surface area contributed by atoms with Crippen LogP contribution < -0.4 is 0 Å². The summed E-state index contributed by atoms with van der Waals surface area (Å²) in [6.07, 6.45) is 11.0. The fraction of sp³-hybridized carbons (Fsp3) is 0.200. The van der Waals surface area contributed by atoms with Crippen molar-refractivity contribution in [2.24, 2.45) is 0 Å². The third-order valence-electron chi connectivity index (χ3n) is 4.89. The van der Waals surface area contributed by atoms with Crippen molar-refractivity contribution in [2.45, 2.75) is 25.4 Å². The van der Waals surface area contributed by atoms with E-state index >= 15 is 0 Å². The van der Waals surface area contributed by atoms with Gasteiger partial charge in [0, 0.05) is 48.3 Å². The lowest BCUT2D eigenvalue weighted by Gasteiger charge is -2.22. The number of pyridine rings is 2. The van der Waals surface area contributed by atoms with Gasteiger partial charge in [0.15, 0.2) is 0 Å². The van der Waals surface area contributed by atoms with Crippen molar-refractivity contribution in [3.05, 3.63) is 66.4 Å². The van der Waals surface area contributed by atoms with Gasteiger partial charge in [-0.3, -0.25) is 14.9 Å². The lowest BCUT2D eigenvalue weighted by atomic mass is 10.1. The topological polar surface area (TPSA) is 90.6 Å². The van der Waals surface area contributed by atoms with Crippen LogP contribution in [0.25, 0.3) is 22.3 Å². The standard InChI is InChI=1S/C20H18N6O/c27-20(26(15-3-4-15)12-13-2-1-7-21-8-13)17-11-22-19-16(17)5-6-18(25-19)14-9-23-24-10-14/h1-2,5-11,15H,3-4,12H2,(H,22,25)(H,23,24). The van der Waals surface area contributed by atoms with Crippen LogP contribution in [-0.4, -0.2) is 42.0 Å². The fourth-order valence-electron chi connectivity index (χ4n) is 3.33. The number of hydrogen-bond acceptors (Lipinski definition) is 4. The number of aromatic nitrogens is 5. The van der Waals surface area contributed by atoms with E-state index in [0.29, 0.717) is 23.8 Å². The number of carbonyl (C=O) groups excluding carboxylic acids is 1. The van der Waals surface area contributed by atoms with Gasteiger partial charge >= 0.3 is 0 Å². The number of aromatic amines is 2. The molecule has 0 spiro atoms. The lowest BCUT2D eigenvalue weighted by Crippen LogP contribution is -2.32. The first-order chi connectivity index (χ1) is 13.3. The maximum Gasteiger partial charge on any atom is 0.256 e. The van der Waals surface area contributed by atoms with Crippen LogP contribution in [-0.2, 0) is 6.54 Å². The molecule has 0 bridgehead atoms. The third-order valence-corrected chi connectivity index (χ3v) is 4.89. The Kier molecular flexibility index (Phi) is 3.71. The van der Waals surface area contributed by atoms with Crippen LogP contribution in [0.4, 0.5) is 0 Å². The van der Waals surface area contributed by atoms with E-state index in [1.54, 1.807) is 24.8 Å². The van der Waals surface area contributed by atoms with Gasteiger partial charge in [0.2, 0.25) is 0 Å². The first kappa shape index (κ1) is 15.7. The number of hydrogen-bond donors (Lipinski definition) is 2. The zero-order chi connectivity index (χ0) is 18.2. The van der Waals surface area contributed by atoms with Crippen molar-refractivity contribution in [2.75, 3.05) is 0 Å². The van der Waals surface area contributed by atoms with Gasteiger partial charge in [0.25, 0.3) is 5.91 Å². The van der Waals surface area contributed by atoms with Crippen molar-refractivity contribution < 1.29 is 4.79 Å². The molecule has 0 radical (unpaired) electrons. The second-order valence-electron chi connectivity index (χ2n) is 6.81. The highest BCUT2D eigenvalue weighted by molar-refractivity contribution is 6.06. The van der Waals surface area contributed by atoms with Gasteiger partial charge in [-0.25, -0.2) is 4.98 Å². The van der Waals surface area contributed by atoms with E-state index in [1.807, 2.05) is 35.4 Å². The van der Waals surface area contributed by atoms with Crippen molar-refractivity contribution in [3.8, 4) is 11.3 Å². The number of H-pyrrole nitrogens is 2. The molecule has 134 valence electrons. The summed E-state index contributed by atoms with van der Waals surface area (Å²) in [7, 11) is 0. The van der Waals surface area contributed by atoms with Gasteiger partial charge in [-0.2, -0.15) is 5.10 Å². The van der Waals surface area contributed by atoms with E-state index < -0.39 is 0 Å². The van der Waals surface area contributed by atoms with E-state index in [1.165, 1.54) is 0 Å². The Labute approximate surface area is 155 Å². The summed E-state index contributed by atoms with van der Waals surface area (Å²) in [6, 6.07) is 8.08. The highest BCUT2D eigenvalue weighted by Gasteiger charge is 2.34. The molecule has 7 heteroatoms. The molecule has 4 heterocycles. The molecule has 1 fully saturated rings. The summed E-state index contributed by atoms with van der Waals surface area (Å²) in [5, 5.41) is 7.59. The molecule has 0 aliphatic heterocycles. The Morgan fingerprint density at radius 3 is 2.85 bits per heavy atom. The molecule has 1 saturated carbocycles. The summed E-state index contributed by atoms with van der Waals surface area (Å²) >= 11 is 0. The Bertz CT molecular complexity index is 1080. The summed E-state index contributed by atoms with van der Waals surface area (Å²) in [6.45, 7) is 0.574. The molecule has 5 rings (SSSR count). The van der Waals surface area contributed by atoms with Crippen molar-refractivity contribution in [1.82, 2.24) is 30.0 Å². The molecule has 2 N–H and O–H groups in total. The van der Waals surface area contributed by atoms with Gasteiger partial charge < -0.3 is 9.88 Å². The Balaban J connectivity index is 1.47. The Hall–Kier alpha value is -3.48. The van der Waals surface area contributed by atoms with Gasteiger partial charge in [-0.05, 0) is 36.6 Å². The quantitative estimate of drug-likeness (QED) is 0.573. The van der Waals surface area contributed by atoms with Crippen LogP contribution in [0.5, 0.6) is 0 Å². The van der Waals surface area contributed by atoms with Crippen molar-refractivity contribution >= 4 is 16.9 Å². The van der Waals surface area contributed by atoms with Crippen LogP contribution in [0.15, 0.2) is 55.2 Å². The number of nitrogens with one attached hydrogen (secondary N) is 2. The highest BCUT2D eigenvalue weighted by atomic mass is 16.2. The first-order valence-corrected chi connectivity index (χ1v) is 8.97. The minimum absolute atomic E-state index is 0.0328. The molecule has 0 aromatic carbocycles. The maximum absolute atomic E-state index is 13.3. The summed E-state index contributed by atoms with van der Waals surface area (Å²) in [4.78, 5) is 27.1. The Morgan fingerprint density at radius 1 is 1.19 bits per heavy atom. The molecule has 1 amide bonds. The number of nitrogens with zero attached hydrogens (tertiary/aromatic N) is 4. The average Bonchev–Trinajstić information content (AvgIpc) is 3.23. The van der Waals surface area contributed by atoms with E-state index in [4.69, 9.17) is 0 Å². The van der Waals surface area contributed by atoms with E-state index in [0.717, 1.165) is 35.0 Å². The molecule has 0 saturated heterocycles. The van der Waals surface area contributed by atoms with Crippen LogP contribution >= 0.6 is 0 Å². The molecule has 4 aromatic heterocycles. The average molecular weight is 358 g/mol. The van der Waals surface area contributed by atoms with Gasteiger partial charge in [-0.1, -0.05) is 6.07 Å². The van der Waals surface area contributed by atoms with Crippen LogP contribution in [0.1, 0.15) is 28.8 Å². The van der Waals surface area contributed by atoms with E-state index in [2.05, 4.69) is 25.1 Å². The predicted molar refractivity (Wildman–Crippen MR) is 101 cm³/mol. The molecule has 0 atom stereocenters. The number of fused-ring (bicyclic) bond motifs is 1. The zero-order valence-corrected chi connectivity index (χ0v) is 14.6. The van der Waals surface area contributed by atoms with Crippen molar-refractivity contribution in [1.29, 1.82) is 0 Å². The second-order valence-corrected chi connectivity index (χ2v) is 6.81. The molecule has 1 aliphatic carbocycles. The van der Waals surface area contributed by atoms with E-state index in [9.17, 15) is 4.79 Å². The van der Waals surface area contributed by atoms with Crippen LogP contribution in [0.3, 0.4) is 0 Å². The fourth-order valence-corrected chi connectivity index (χ4v) is 3.33. The largest absolute Gasteiger partial charge is 0.345 e. The number of carbonyl (C=O) groups is 1. The summed E-state index contributed by atoms with van der Waals surface area (Å²) in [5.41, 5.74) is 4.13. The third kappa shape index (κ3) is 2.97. The van der Waals surface area contributed by atoms with Crippen LogP contribution in [0, 0.1) is 0 Å². The second kappa shape index (κ2) is 6.35. The molecular formula is C20H18N6O. The molecule has 1 aliphatic rings. The predicted octanol–water partition coefficient (Wildman–Crippen LogP) is 3.15. The maximum atomic E-state index is 13.3. The van der Waals surface area contributed by atoms with Gasteiger partial charge in [-0.15, -0.1) is 0 Å². The highest BCUT2D eigenvalue weighted by Crippen LogP contribution is 2.31. The summed E-state index contributed by atoms with van der Waals surface area (Å²) in [5.74, 6) is 0.0328. The minimum atomic E-state index is 0.0328. The molecule has 0 unspecified atom stereocenters. The van der Waals surface area contributed by atoms with Crippen molar-refractivity contribution in [3.63, 3.8) is 0 Å². The lowest BCUT2D eigenvalue weighted by molar-refractivity contribution is 0.0732. The minimum Gasteiger partial charge on any atom is -0.345 e. The van der Waals surface area contributed by atoms with Crippen LogP contribution in [0.2, 0.25) is 0 Å². The monoisotopic (exact) mass is 358 g/mol. The van der Waals surface area contributed by atoms with Gasteiger partial charge in [0.1, 0.15) is 5.65 Å². The SMILES string of the molecule is O=C(c1c[nH]c2nc(-c3cn[nH]c3)ccc12)N(Cc1cccnc1)C1CC1. The molecule has 7 nitrogen and oxygen atoms in total. The molecular weight excluding hydrogens is 340 g/mol.